The highest BCUT2D eigenvalue weighted by Crippen LogP contribution is 2.44. The van der Waals surface area contributed by atoms with Crippen molar-refractivity contribution in [1.29, 1.82) is 0 Å². The summed E-state index contributed by atoms with van der Waals surface area (Å²) in [6, 6.07) is -0.716. The molecular weight excluding hydrogens is 252 g/mol. The lowest BCUT2D eigenvalue weighted by Crippen LogP contribution is -2.67. The molecule has 1 heterocycles. The number of rotatable bonds is 4. The third-order valence-electron chi connectivity index (χ3n) is 3.89. The second-order valence-corrected chi connectivity index (χ2v) is 5.99. The molecule has 0 radical (unpaired) electrons. The number of carbonyl (C=O) groups is 3. The first-order valence-corrected chi connectivity index (χ1v) is 7.60. The molecule has 1 spiro atoms. The summed E-state index contributed by atoms with van der Waals surface area (Å²) in [4.78, 5) is 37.3. The van der Waals surface area contributed by atoms with Crippen LogP contribution in [0.4, 0.5) is 4.79 Å². The number of carbonyl (C=O) groups excluding carboxylic acids is 3. The average Bonchev–Trinajstić information content (AvgIpc) is 2.23. The Labute approximate surface area is 111 Å². The minimum absolute atomic E-state index is 0.157. The number of nitrogens with one attached hydrogen (secondary N) is 1. The van der Waals surface area contributed by atoms with Gasteiger partial charge in [-0.05, 0) is 38.2 Å². The summed E-state index contributed by atoms with van der Waals surface area (Å²) in [5.74, 6) is 0.187. The fraction of sp³-hybridized carbons (Fsp3) is 0.750. The number of thioether (sulfide) groups is 1. The van der Waals surface area contributed by atoms with E-state index in [-0.39, 0.29) is 11.9 Å². The van der Waals surface area contributed by atoms with E-state index < -0.39 is 17.4 Å². The first-order chi connectivity index (χ1) is 8.53. The van der Waals surface area contributed by atoms with Gasteiger partial charge in [-0.1, -0.05) is 6.42 Å². The van der Waals surface area contributed by atoms with Crippen LogP contribution in [0.2, 0.25) is 0 Å². The van der Waals surface area contributed by atoms with Crippen molar-refractivity contribution in [2.45, 2.75) is 38.6 Å². The molecule has 1 unspecified atom stereocenters. The first kappa shape index (κ1) is 13.4. The van der Waals surface area contributed by atoms with Crippen LogP contribution < -0.4 is 5.32 Å². The maximum atomic E-state index is 12.4. The molecule has 2 aliphatic rings. The molecule has 2 fully saturated rings. The molecule has 0 aromatic heterocycles. The number of nitrogens with zero attached hydrogens (tertiary/aromatic N) is 1. The van der Waals surface area contributed by atoms with Gasteiger partial charge in [0.05, 0.1) is 0 Å². The van der Waals surface area contributed by atoms with E-state index in [4.69, 9.17) is 0 Å². The van der Waals surface area contributed by atoms with Gasteiger partial charge in [0, 0.05) is 6.04 Å². The zero-order chi connectivity index (χ0) is 13.3. The quantitative estimate of drug-likeness (QED) is 0.784. The predicted molar refractivity (Wildman–Crippen MR) is 69.1 cm³/mol. The van der Waals surface area contributed by atoms with E-state index in [0.717, 1.165) is 18.6 Å². The molecule has 2 rings (SSSR count). The lowest BCUT2D eigenvalue weighted by atomic mass is 9.66. The largest absolute Gasteiger partial charge is 0.331 e. The molecule has 1 aliphatic carbocycles. The van der Waals surface area contributed by atoms with Gasteiger partial charge >= 0.3 is 6.03 Å². The molecule has 0 aromatic carbocycles. The number of hydrogen-bond acceptors (Lipinski definition) is 4. The molecule has 5 nitrogen and oxygen atoms in total. The fourth-order valence-corrected chi connectivity index (χ4v) is 3.06. The van der Waals surface area contributed by atoms with E-state index in [9.17, 15) is 14.4 Å². The standard InChI is InChI=1S/C12H18N2O3S/c1-8(4-7-18-2)14-10(16)12(5-3-6-12)9(15)13-11(14)17/h8H,3-7H2,1-2H3,(H,13,15,17). The van der Waals surface area contributed by atoms with Gasteiger partial charge in [-0.2, -0.15) is 11.8 Å². The van der Waals surface area contributed by atoms with E-state index in [0.29, 0.717) is 12.8 Å². The highest BCUT2D eigenvalue weighted by Gasteiger charge is 2.57. The smallest absolute Gasteiger partial charge is 0.277 e. The van der Waals surface area contributed by atoms with Crippen LogP contribution in [0.5, 0.6) is 0 Å². The number of urea groups is 1. The second kappa shape index (κ2) is 4.91. The summed E-state index contributed by atoms with van der Waals surface area (Å²) in [7, 11) is 0. The zero-order valence-corrected chi connectivity index (χ0v) is 11.5. The summed E-state index contributed by atoms with van der Waals surface area (Å²) in [6.45, 7) is 1.86. The normalized spacial score (nSPS) is 23.9. The maximum Gasteiger partial charge on any atom is 0.331 e. The fourth-order valence-electron chi connectivity index (χ4n) is 2.49. The van der Waals surface area contributed by atoms with Crippen LogP contribution in [0.15, 0.2) is 0 Å². The van der Waals surface area contributed by atoms with E-state index in [1.165, 1.54) is 4.90 Å². The minimum atomic E-state index is -0.943. The summed E-state index contributed by atoms with van der Waals surface area (Å²) in [6.07, 6.45) is 4.75. The molecule has 1 atom stereocenters. The van der Waals surface area contributed by atoms with Crippen molar-refractivity contribution in [3.8, 4) is 0 Å². The molecule has 6 heteroatoms. The van der Waals surface area contributed by atoms with Gasteiger partial charge in [0.2, 0.25) is 11.8 Å². The molecule has 1 saturated heterocycles. The number of barbiturate groups is 1. The zero-order valence-electron chi connectivity index (χ0n) is 10.7. The molecule has 1 N–H and O–H groups in total. The van der Waals surface area contributed by atoms with Gasteiger partial charge in [0.25, 0.3) is 0 Å². The highest BCUT2D eigenvalue weighted by atomic mass is 32.2. The van der Waals surface area contributed by atoms with Crippen molar-refractivity contribution in [2.75, 3.05) is 12.0 Å². The van der Waals surface area contributed by atoms with Crippen molar-refractivity contribution in [2.24, 2.45) is 5.41 Å². The van der Waals surface area contributed by atoms with Crippen LogP contribution in [0.25, 0.3) is 0 Å². The van der Waals surface area contributed by atoms with Crippen molar-refractivity contribution in [3.63, 3.8) is 0 Å². The van der Waals surface area contributed by atoms with Crippen LogP contribution in [0, 0.1) is 5.41 Å². The molecule has 1 saturated carbocycles. The molecular formula is C12H18N2O3S. The Balaban J connectivity index is 2.16. The highest BCUT2D eigenvalue weighted by molar-refractivity contribution is 7.98. The van der Waals surface area contributed by atoms with Crippen molar-refractivity contribution >= 4 is 29.6 Å². The number of amides is 4. The lowest BCUT2D eigenvalue weighted by molar-refractivity contribution is -0.158. The van der Waals surface area contributed by atoms with Gasteiger partial charge in [-0.25, -0.2) is 4.79 Å². The van der Waals surface area contributed by atoms with Crippen LogP contribution in [0.3, 0.4) is 0 Å². The second-order valence-electron chi connectivity index (χ2n) is 5.00. The topological polar surface area (TPSA) is 66.5 Å². The predicted octanol–water partition coefficient (Wildman–Crippen LogP) is 1.38. The van der Waals surface area contributed by atoms with E-state index in [2.05, 4.69) is 5.32 Å². The third-order valence-corrected chi connectivity index (χ3v) is 4.53. The molecule has 18 heavy (non-hydrogen) atoms. The van der Waals surface area contributed by atoms with Crippen LogP contribution in [-0.2, 0) is 9.59 Å². The van der Waals surface area contributed by atoms with Crippen LogP contribution in [0.1, 0.15) is 32.6 Å². The van der Waals surface area contributed by atoms with E-state index >= 15 is 0 Å². The first-order valence-electron chi connectivity index (χ1n) is 6.21. The van der Waals surface area contributed by atoms with E-state index in [1.54, 1.807) is 11.8 Å². The summed E-state index contributed by atoms with van der Waals surface area (Å²) >= 11 is 1.68. The lowest BCUT2D eigenvalue weighted by Gasteiger charge is -2.46. The summed E-state index contributed by atoms with van der Waals surface area (Å²) in [5.41, 5.74) is -0.943. The molecule has 4 amide bonds. The summed E-state index contributed by atoms with van der Waals surface area (Å²) in [5, 5.41) is 2.33. The van der Waals surface area contributed by atoms with E-state index in [1.807, 2.05) is 13.2 Å². The van der Waals surface area contributed by atoms with Gasteiger partial charge < -0.3 is 0 Å². The van der Waals surface area contributed by atoms with Crippen LogP contribution in [-0.4, -0.2) is 40.8 Å². The number of hydrogen-bond donors (Lipinski definition) is 1. The van der Waals surface area contributed by atoms with Crippen molar-refractivity contribution < 1.29 is 14.4 Å². The average molecular weight is 270 g/mol. The SMILES string of the molecule is CSCCC(C)N1C(=O)NC(=O)C2(CCC2)C1=O. The van der Waals surface area contributed by atoms with Crippen molar-refractivity contribution in [1.82, 2.24) is 10.2 Å². The Hall–Kier alpha value is -1.04. The minimum Gasteiger partial charge on any atom is -0.277 e. The molecule has 100 valence electrons. The Kier molecular flexibility index (Phi) is 3.66. The monoisotopic (exact) mass is 270 g/mol. The Morgan fingerprint density at radius 2 is 2.06 bits per heavy atom. The van der Waals surface area contributed by atoms with Gasteiger partial charge in [0.1, 0.15) is 5.41 Å². The van der Waals surface area contributed by atoms with Gasteiger partial charge in [-0.3, -0.25) is 19.8 Å². The Bertz CT molecular complexity index is 393. The summed E-state index contributed by atoms with van der Waals surface area (Å²) < 4.78 is 0. The molecule has 0 bridgehead atoms. The van der Waals surface area contributed by atoms with Gasteiger partial charge in [-0.15, -0.1) is 0 Å². The molecule has 1 aliphatic heterocycles. The van der Waals surface area contributed by atoms with Crippen LogP contribution >= 0.6 is 11.8 Å². The van der Waals surface area contributed by atoms with Gasteiger partial charge in [0.15, 0.2) is 0 Å². The van der Waals surface area contributed by atoms with Crippen molar-refractivity contribution in [3.05, 3.63) is 0 Å². The number of imide groups is 2. The third kappa shape index (κ3) is 1.92. The Morgan fingerprint density at radius 3 is 2.56 bits per heavy atom. The molecule has 0 aromatic rings. The Morgan fingerprint density at radius 1 is 1.39 bits per heavy atom. The maximum absolute atomic E-state index is 12.4.